The van der Waals surface area contributed by atoms with E-state index in [1.807, 2.05) is 54.4 Å². The number of pyridine rings is 1. The van der Waals surface area contributed by atoms with Gasteiger partial charge in [-0.25, -0.2) is 4.98 Å². The number of fused-ring (bicyclic) bond motifs is 3. The van der Waals surface area contributed by atoms with Crippen molar-refractivity contribution in [3.63, 3.8) is 0 Å². The van der Waals surface area contributed by atoms with Crippen LogP contribution in [0.15, 0.2) is 55.0 Å². The van der Waals surface area contributed by atoms with Crippen LogP contribution >= 0.6 is 0 Å². The summed E-state index contributed by atoms with van der Waals surface area (Å²) >= 11 is 0. The van der Waals surface area contributed by atoms with Crippen LogP contribution in [-0.2, 0) is 0 Å². The Labute approximate surface area is 169 Å². The van der Waals surface area contributed by atoms with Crippen LogP contribution < -0.4 is 4.74 Å². The molecule has 0 spiro atoms. The van der Waals surface area contributed by atoms with Crippen LogP contribution in [0, 0.1) is 12.8 Å². The van der Waals surface area contributed by atoms with E-state index in [1.54, 1.807) is 12.4 Å². The van der Waals surface area contributed by atoms with Crippen molar-refractivity contribution in [1.29, 1.82) is 0 Å². The molecule has 1 aliphatic carbocycles. The molecule has 148 valence electrons. The molecule has 3 aromatic rings. The summed E-state index contributed by atoms with van der Waals surface area (Å²) in [4.78, 5) is 21.4. The average molecular weight is 389 g/mol. The molecule has 7 heteroatoms. The van der Waals surface area contributed by atoms with Crippen molar-refractivity contribution >= 4 is 5.91 Å². The maximum absolute atomic E-state index is 13.5. The number of benzene rings is 1. The van der Waals surface area contributed by atoms with Gasteiger partial charge in [-0.3, -0.25) is 4.79 Å². The van der Waals surface area contributed by atoms with Crippen molar-refractivity contribution < 1.29 is 9.53 Å². The molecule has 0 unspecified atom stereocenters. The lowest BCUT2D eigenvalue weighted by atomic mass is 9.77. The predicted molar refractivity (Wildman–Crippen MR) is 107 cm³/mol. The van der Waals surface area contributed by atoms with Gasteiger partial charge in [-0.1, -0.05) is 18.2 Å². The van der Waals surface area contributed by atoms with Gasteiger partial charge in [0.1, 0.15) is 6.10 Å². The number of rotatable bonds is 4. The maximum Gasteiger partial charge on any atom is 0.256 e. The third-order valence-corrected chi connectivity index (χ3v) is 5.91. The van der Waals surface area contributed by atoms with Gasteiger partial charge in [-0.15, -0.1) is 0 Å². The Morgan fingerprint density at radius 3 is 2.69 bits per heavy atom. The fourth-order valence-electron chi connectivity index (χ4n) is 4.49. The van der Waals surface area contributed by atoms with E-state index in [0.717, 1.165) is 31.4 Å². The van der Waals surface area contributed by atoms with Gasteiger partial charge >= 0.3 is 0 Å². The number of nitrogens with zero attached hydrogens (tertiary/aromatic N) is 5. The molecule has 1 aromatic carbocycles. The third-order valence-electron chi connectivity index (χ3n) is 5.91. The first-order valence-corrected chi connectivity index (χ1v) is 10.0. The normalized spacial score (nSPS) is 23.2. The van der Waals surface area contributed by atoms with E-state index < -0.39 is 0 Å². The van der Waals surface area contributed by atoms with Gasteiger partial charge in [0.25, 0.3) is 5.91 Å². The van der Waals surface area contributed by atoms with E-state index in [1.165, 1.54) is 4.80 Å². The minimum absolute atomic E-state index is 0.0118. The summed E-state index contributed by atoms with van der Waals surface area (Å²) in [5.74, 6) is 1.09. The summed E-state index contributed by atoms with van der Waals surface area (Å²) in [5, 5.41) is 8.40. The van der Waals surface area contributed by atoms with Gasteiger partial charge < -0.3 is 9.64 Å². The highest BCUT2D eigenvalue weighted by Crippen LogP contribution is 2.38. The van der Waals surface area contributed by atoms with Gasteiger partial charge in [0.2, 0.25) is 5.88 Å². The summed E-state index contributed by atoms with van der Waals surface area (Å²) in [6.45, 7) is 2.78. The number of amides is 1. The minimum atomic E-state index is -0.0309. The molecule has 6 rings (SSSR count). The second-order valence-electron chi connectivity index (χ2n) is 7.87. The van der Waals surface area contributed by atoms with E-state index >= 15 is 0 Å². The maximum atomic E-state index is 13.5. The summed E-state index contributed by atoms with van der Waals surface area (Å²) in [6, 6.07) is 11.5. The number of piperidine rings is 2. The van der Waals surface area contributed by atoms with Crippen LogP contribution in [0.2, 0.25) is 0 Å². The molecular weight excluding hydrogens is 366 g/mol. The zero-order chi connectivity index (χ0) is 19.8. The van der Waals surface area contributed by atoms with Crippen molar-refractivity contribution in [3.05, 3.63) is 66.1 Å². The fourth-order valence-corrected chi connectivity index (χ4v) is 4.49. The van der Waals surface area contributed by atoms with Crippen LogP contribution in [0.25, 0.3) is 5.69 Å². The molecule has 29 heavy (non-hydrogen) atoms. The number of ether oxygens (including phenoxy) is 1. The van der Waals surface area contributed by atoms with Crippen molar-refractivity contribution in [1.82, 2.24) is 24.9 Å². The van der Waals surface area contributed by atoms with E-state index in [9.17, 15) is 4.79 Å². The SMILES string of the molecule is Cc1ccc(O[C@@H]2C[C@H]3CC[C@@H]2N(C(=O)c2ccccc2-n2nccn2)C3)nc1. The standard InChI is InChI=1S/C22H23N5O2/c1-15-6-9-21(23-13-15)29-20-12-16-7-8-19(20)26(14-16)22(28)17-4-2-3-5-18(17)27-24-10-11-25-27/h2-6,9-11,13,16,19-20H,7-8,12,14H2,1H3/t16-,19+,20-/m1/s1. The highest BCUT2D eigenvalue weighted by Gasteiger charge is 2.44. The number of carbonyl (C=O) groups is 1. The van der Waals surface area contributed by atoms with E-state index in [2.05, 4.69) is 15.2 Å². The number of carbonyl (C=O) groups excluding carboxylic acids is 1. The van der Waals surface area contributed by atoms with Gasteiger partial charge in [-0.05, 0) is 49.8 Å². The number of hydrogen-bond acceptors (Lipinski definition) is 5. The summed E-state index contributed by atoms with van der Waals surface area (Å²) in [6.07, 6.45) is 8.06. The lowest BCUT2D eigenvalue weighted by molar-refractivity contribution is -0.0313. The summed E-state index contributed by atoms with van der Waals surface area (Å²) in [5.41, 5.74) is 2.41. The number of aromatic nitrogens is 4. The molecule has 2 bridgehead atoms. The molecule has 7 nitrogen and oxygen atoms in total. The van der Waals surface area contributed by atoms with Crippen molar-refractivity contribution in [2.45, 2.75) is 38.3 Å². The highest BCUT2D eigenvalue weighted by atomic mass is 16.5. The highest BCUT2D eigenvalue weighted by molar-refractivity contribution is 5.98. The van der Waals surface area contributed by atoms with E-state index in [4.69, 9.17) is 4.74 Å². The largest absolute Gasteiger partial charge is 0.472 e. The summed E-state index contributed by atoms with van der Waals surface area (Å²) in [7, 11) is 0. The number of aryl methyl sites for hydroxylation is 1. The first-order chi connectivity index (χ1) is 14.2. The molecule has 3 fully saturated rings. The van der Waals surface area contributed by atoms with E-state index in [-0.39, 0.29) is 18.1 Å². The molecule has 3 aliphatic rings. The van der Waals surface area contributed by atoms with Crippen molar-refractivity contribution in [2.75, 3.05) is 6.54 Å². The van der Waals surface area contributed by atoms with Crippen LogP contribution in [-0.4, -0.2) is 49.5 Å². The molecular formula is C22H23N5O2. The monoisotopic (exact) mass is 389 g/mol. The zero-order valence-corrected chi connectivity index (χ0v) is 16.3. The van der Waals surface area contributed by atoms with Crippen LogP contribution in [0.4, 0.5) is 0 Å². The molecule has 0 N–H and O–H groups in total. The number of hydrogen-bond donors (Lipinski definition) is 0. The Morgan fingerprint density at radius 2 is 1.93 bits per heavy atom. The molecule has 3 atom stereocenters. The van der Waals surface area contributed by atoms with Crippen molar-refractivity contribution in [3.8, 4) is 11.6 Å². The average Bonchev–Trinajstić information content (AvgIpc) is 3.30. The Morgan fingerprint density at radius 1 is 1.10 bits per heavy atom. The molecule has 2 aliphatic heterocycles. The second kappa shape index (κ2) is 7.31. The first-order valence-electron chi connectivity index (χ1n) is 10.0. The Balaban J connectivity index is 1.41. The Hall–Kier alpha value is -3.22. The lowest BCUT2D eigenvalue weighted by Gasteiger charge is -2.49. The Bertz CT molecular complexity index is 1000. The molecule has 2 aromatic heterocycles. The molecule has 1 saturated carbocycles. The second-order valence-corrected chi connectivity index (χ2v) is 7.87. The predicted octanol–water partition coefficient (Wildman–Crippen LogP) is 3.04. The lowest BCUT2D eigenvalue weighted by Crippen LogP contribution is -2.59. The van der Waals surface area contributed by atoms with Crippen LogP contribution in [0.3, 0.4) is 0 Å². The Kier molecular flexibility index (Phi) is 4.50. The number of para-hydroxylation sites is 1. The molecule has 2 saturated heterocycles. The summed E-state index contributed by atoms with van der Waals surface area (Å²) < 4.78 is 6.23. The topological polar surface area (TPSA) is 73.1 Å². The smallest absolute Gasteiger partial charge is 0.256 e. The zero-order valence-electron chi connectivity index (χ0n) is 16.3. The fraction of sp³-hybridized carbons (Fsp3) is 0.364. The van der Waals surface area contributed by atoms with Crippen molar-refractivity contribution in [2.24, 2.45) is 5.92 Å². The molecule has 4 heterocycles. The van der Waals surface area contributed by atoms with Gasteiger partial charge in [0.05, 0.1) is 29.7 Å². The van der Waals surface area contributed by atoms with Crippen LogP contribution in [0.1, 0.15) is 35.2 Å². The molecule has 0 radical (unpaired) electrons. The third kappa shape index (κ3) is 3.37. The van der Waals surface area contributed by atoms with Gasteiger partial charge in [0.15, 0.2) is 0 Å². The van der Waals surface area contributed by atoms with E-state index in [0.29, 0.717) is 23.0 Å². The first kappa shape index (κ1) is 17.8. The molecule has 1 amide bonds. The van der Waals surface area contributed by atoms with Gasteiger partial charge in [-0.2, -0.15) is 15.0 Å². The quantitative estimate of drug-likeness (QED) is 0.686. The van der Waals surface area contributed by atoms with Gasteiger partial charge in [0, 0.05) is 18.8 Å². The van der Waals surface area contributed by atoms with Crippen LogP contribution in [0.5, 0.6) is 5.88 Å². The minimum Gasteiger partial charge on any atom is -0.472 e.